The number of carbonyl (C=O) groups excluding carboxylic acids is 1. The smallest absolute Gasteiger partial charge is 0.274 e. The number of pyridine rings is 2. The Balaban J connectivity index is 1.95. The Bertz CT molecular complexity index is 780. The molecule has 2 aromatic heterocycles. The molecule has 1 aromatic carbocycles. The Labute approximate surface area is 115 Å². The lowest BCUT2D eigenvalue weighted by Crippen LogP contribution is -2.14. The summed E-state index contributed by atoms with van der Waals surface area (Å²) in [6.07, 6.45) is 1.69. The standard InChI is InChI=1S/C15H12N4O/c16-13-8-2-7-12(18-13)15(20)19-11-6-1-4-10-5-3-9-17-14(10)11/h1-9H,(H2,16,18)(H,19,20). The molecule has 0 unspecified atom stereocenters. The Kier molecular flexibility index (Phi) is 3.01. The number of benzene rings is 1. The van der Waals surface area contributed by atoms with Crippen LogP contribution in [0.1, 0.15) is 10.5 Å². The number of carbonyl (C=O) groups is 1. The number of amides is 1. The first-order valence-electron chi connectivity index (χ1n) is 6.12. The summed E-state index contributed by atoms with van der Waals surface area (Å²) in [4.78, 5) is 20.4. The van der Waals surface area contributed by atoms with Gasteiger partial charge in [0.05, 0.1) is 11.2 Å². The predicted octanol–water partition coefficient (Wildman–Crippen LogP) is 2.46. The zero-order chi connectivity index (χ0) is 13.9. The summed E-state index contributed by atoms with van der Waals surface area (Å²) >= 11 is 0. The van der Waals surface area contributed by atoms with E-state index in [1.165, 1.54) is 0 Å². The van der Waals surface area contributed by atoms with Crippen molar-refractivity contribution in [2.24, 2.45) is 0 Å². The maximum atomic E-state index is 12.2. The van der Waals surface area contributed by atoms with Gasteiger partial charge in [-0.15, -0.1) is 0 Å². The summed E-state index contributed by atoms with van der Waals surface area (Å²) < 4.78 is 0. The Morgan fingerprint density at radius 1 is 1.05 bits per heavy atom. The minimum atomic E-state index is -0.310. The van der Waals surface area contributed by atoms with Gasteiger partial charge in [0, 0.05) is 11.6 Å². The van der Waals surface area contributed by atoms with Gasteiger partial charge in [-0.05, 0) is 24.3 Å². The van der Waals surface area contributed by atoms with Crippen molar-refractivity contribution in [3.05, 3.63) is 60.4 Å². The molecular weight excluding hydrogens is 252 g/mol. The highest BCUT2D eigenvalue weighted by Gasteiger charge is 2.10. The van der Waals surface area contributed by atoms with Crippen molar-refractivity contribution in [1.82, 2.24) is 9.97 Å². The lowest BCUT2D eigenvalue weighted by Gasteiger charge is -2.07. The lowest BCUT2D eigenvalue weighted by molar-refractivity contribution is 0.102. The number of nitrogens with zero attached hydrogens (tertiary/aromatic N) is 2. The zero-order valence-corrected chi connectivity index (χ0v) is 10.6. The number of nitrogens with two attached hydrogens (primary N) is 1. The molecule has 0 spiro atoms. The fraction of sp³-hybridized carbons (Fsp3) is 0. The van der Waals surface area contributed by atoms with Crippen molar-refractivity contribution < 1.29 is 4.79 Å². The Hall–Kier alpha value is -2.95. The molecule has 0 bridgehead atoms. The molecule has 3 rings (SSSR count). The van der Waals surface area contributed by atoms with E-state index >= 15 is 0 Å². The summed E-state index contributed by atoms with van der Waals surface area (Å²) in [5, 5.41) is 3.77. The van der Waals surface area contributed by atoms with Gasteiger partial charge in [0.15, 0.2) is 0 Å². The van der Waals surface area contributed by atoms with Crippen LogP contribution in [0.3, 0.4) is 0 Å². The van der Waals surface area contributed by atoms with E-state index in [1.807, 2.05) is 24.3 Å². The highest BCUT2D eigenvalue weighted by molar-refractivity contribution is 6.07. The first kappa shape index (κ1) is 12.1. The summed E-state index contributed by atoms with van der Waals surface area (Å²) in [7, 11) is 0. The Morgan fingerprint density at radius 2 is 1.85 bits per heavy atom. The molecule has 3 N–H and O–H groups in total. The molecule has 5 heteroatoms. The monoisotopic (exact) mass is 264 g/mol. The molecule has 1 amide bonds. The molecule has 0 radical (unpaired) electrons. The van der Waals surface area contributed by atoms with Crippen LogP contribution < -0.4 is 11.1 Å². The van der Waals surface area contributed by atoms with Crippen molar-refractivity contribution in [3.63, 3.8) is 0 Å². The second-order valence-corrected chi connectivity index (χ2v) is 4.28. The van der Waals surface area contributed by atoms with Crippen LogP contribution in [0.2, 0.25) is 0 Å². The minimum Gasteiger partial charge on any atom is -0.384 e. The highest BCUT2D eigenvalue weighted by Crippen LogP contribution is 2.21. The summed E-state index contributed by atoms with van der Waals surface area (Å²) in [5.74, 6) is 0.00384. The largest absolute Gasteiger partial charge is 0.384 e. The van der Waals surface area contributed by atoms with E-state index in [2.05, 4.69) is 15.3 Å². The molecule has 0 saturated heterocycles. The first-order chi connectivity index (χ1) is 9.74. The zero-order valence-electron chi connectivity index (χ0n) is 10.6. The van der Waals surface area contributed by atoms with Crippen molar-refractivity contribution in [2.75, 3.05) is 11.1 Å². The summed E-state index contributed by atoms with van der Waals surface area (Å²) in [6.45, 7) is 0. The number of hydrogen-bond acceptors (Lipinski definition) is 4. The van der Waals surface area contributed by atoms with Gasteiger partial charge in [0.2, 0.25) is 0 Å². The average Bonchev–Trinajstić information content (AvgIpc) is 2.47. The maximum Gasteiger partial charge on any atom is 0.274 e. The normalized spacial score (nSPS) is 10.4. The SMILES string of the molecule is Nc1cccc(C(=O)Nc2cccc3cccnc23)n1. The van der Waals surface area contributed by atoms with Gasteiger partial charge in [-0.25, -0.2) is 4.98 Å². The number of fused-ring (bicyclic) bond motifs is 1. The minimum absolute atomic E-state index is 0.276. The van der Waals surface area contributed by atoms with E-state index in [-0.39, 0.29) is 11.6 Å². The molecule has 20 heavy (non-hydrogen) atoms. The first-order valence-corrected chi connectivity index (χ1v) is 6.12. The third-order valence-corrected chi connectivity index (χ3v) is 2.88. The van der Waals surface area contributed by atoms with Gasteiger partial charge in [-0.2, -0.15) is 0 Å². The topological polar surface area (TPSA) is 80.9 Å². The second-order valence-electron chi connectivity index (χ2n) is 4.28. The quantitative estimate of drug-likeness (QED) is 0.745. The van der Waals surface area contributed by atoms with Gasteiger partial charge in [0.25, 0.3) is 5.91 Å². The molecule has 5 nitrogen and oxygen atoms in total. The van der Waals surface area contributed by atoms with E-state index in [9.17, 15) is 4.79 Å². The van der Waals surface area contributed by atoms with Gasteiger partial charge < -0.3 is 11.1 Å². The summed E-state index contributed by atoms with van der Waals surface area (Å²) in [6, 6.07) is 14.4. The third-order valence-electron chi connectivity index (χ3n) is 2.88. The maximum absolute atomic E-state index is 12.2. The molecule has 0 atom stereocenters. The molecule has 98 valence electrons. The number of nitrogen functional groups attached to an aromatic ring is 1. The van der Waals surface area contributed by atoms with Crippen LogP contribution in [0, 0.1) is 0 Å². The number of rotatable bonds is 2. The fourth-order valence-electron chi connectivity index (χ4n) is 1.97. The van der Waals surface area contributed by atoms with Crippen LogP contribution in [0.15, 0.2) is 54.7 Å². The van der Waals surface area contributed by atoms with Crippen LogP contribution in [-0.4, -0.2) is 15.9 Å². The molecule has 0 aliphatic heterocycles. The number of hydrogen-bond donors (Lipinski definition) is 2. The molecule has 2 heterocycles. The molecular formula is C15H12N4O. The van der Waals surface area contributed by atoms with Crippen LogP contribution >= 0.6 is 0 Å². The van der Waals surface area contributed by atoms with Crippen molar-refractivity contribution in [1.29, 1.82) is 0 Å². The fourth-order valence-corrected chi connectivity index (χ4v) is 1.97. The van der Waals surface area contributed by atoms with Gasteiger partial charge in [0.1, 0.15) is 11.5 Å². The molecule has 0 fully saturated rings. The number of nitrogens with one attached hydrogen (secondary N) is 1. The predicted molar refractivity (Wildman–Crippen MR) is 78.3 cm³/mol. The number of anilines is 2. The van der Waals surface area contributed by atoms with Gasteiger partial charge in [-0.1, -0.05) is 24.3 Å². The van der Waals surface area contributed by atoms with Crippen LogP contribution in [0.25, 0.3) is 10.9 Å². The summed E-state index contributed by atoms with van der Waals surface area (Å²) in [5.41, 5.74) is 7.25. The average molecular weight is 264 g/mol. The van der Waals surface area contributed by atoms with E-state index in [0.29, 0.717) is 11.5 Å². The van der Waals surface area contributed by atoms with Gasteiger partial charge >= 0.3 is 0 Å². The lowest BCUT2D eigenvalue weighted by atomic mass is 10.2. The highest BCUT2D eigenvalue weighted by atomic mass is 16.1. The van der Waals surface area contributed by atoms with Crippen LogP contribution in [0.4, 0.5) is 11.5 Å². The van der Waals surface area contributed by atoms with Gasteiger partial charge in [-0.3, -0.25) is 9.78 Å². The molecule has 3 aromatic rings. The van der Waals surface area contributed by atoms with E-state index in [1.54, 1.807) is 30.5 Å². The molecule has 0 saturated carbocycles. The van der Waals surface area contributed by atoms with E-state index < -0.39 is 0 Å². The third kappa shape index (κ3) is 2.29. The number of aromatic nitrogens is 2. The Morgan fingerprint density at radius 3 is 2.70 bits per heavy atom. The second kappa shape index (κ2) is 4.97. The molecule has 0 aliphatic rings. The molecule has 0 aliphatic carbocycles. The van der Waals surface area contributed by atoms with Crippen molar-refractivity contribution in [2.45, 2.75) is 0 Å². The van der Waals surface area contributed by atoms with Crippen LogP contribution in [-0.2, 0) is 0 Å². The van der Waals surface area contributed by atoms with E-state index in [4.69, 9.17) is 5.73 Å². The van der Waals surface area contributed by atoms with Crippen molar-refractivity contribution >= 4 is 28.3 Å². The van der Waals surface area contributed by atoms with E-state index in [0.717, 1.165) is 10.9 Å². The van der Waals surface area contributed by atoms with Crippen LogP contribution in [0.5, 0.6) is 0 Å². The number of para-hydroxylation sites is 1. The van der Waals surface area contributed by atoms with Crippen molar-refractivity contribution in [3.8, 4) is 0 Å².